The van der Waals surface area contributed by atoms with Crippen LogP contribution in [0.15, 0.2) is 29.3 Å². The minimum atomic E-state index is -0.0797. The van der Waals surface area contributed by atoms with Gasteiger partial charge in [-0.05, 0) is 6.07 Å². The lowest BCUT2D eigenvalue weighted by molar-refractivity contribution is 0.392. The van der Waals surface area contributed by atoms with Gasteiger partial charge in [-0.1, -0.05) is 12.1 Å². The van der Waals surface area contributed by atoms with Crippen LogP contribution < -0.4 is 15.3 Å². The Morgan fingerprint density at radius 1 is 1.25 bits per heavy atom. The second kappa shape index (κ2) is 2.16. The zero-order valence-electron chi connectivity index (χ0n) is 7.70. The largest absolute Gasteiger partial charge is 0.250 e. The Bertz CT molecular complexity index is 429. The van der Waals surface area contributed by atoms with Crippen LogP contribution in [0.2, 0.25) is 0 Å². The molecule has 0 amide bonds. The molecule has 1 aliphatic rings. The lowest BCUT2D eigenvalue weighted by Crippen LogP contribution is -2.39. The highest BCUT2D eigenvalue weighted by Gasteiger charge is 2.30. The molecule has 0 fully saturated rings. The Labute approximate surface area is 71.9 Å². The summed E-state index contributed by atoms with van der Waals surface area (Å²) in [6.45, 7) is 4.24. The van der Waals surface area contributed by atoms with E-state index < -0.39 is 0 Å². The Morgan fingerprint density at radius 2 is 1.92 bits per heavy atom. The highest BCUT2D eigenvalue weighted by atomic mass is 15.2. The normalized spacial score (nSPS) is 18.8. The molecule has 0 radical (unpaired) electrons. The van der Waals surface area contributed by atoms with Crippen molar-refractivity contribution in [2.24, 2.45) is 4.99 Å². The third-order valence-corrected chi connectivity index (χ3v) is 2.46. The molecule has 2 heteroatoms. The first-order valence-corrected chi connectivity index (χ1v) is 4.17. The fourth-order valence-electron chi connectivity index (χ4n) is 1.51. The van der Waals surface area contributed by atoms with Crippen molar-refractivity contribution < 1.29 is 0 Å². The van der Waals surface area contributed by atoms with Crippen LogP contribution in [0.5, 0.6) is 0 Å². The van der Waals surface area contributed by atoms with E-state index in [1.54, 1.807) is 0 Å². The predicted octanol–water partition coefficient (Wildman–Crippen LogP) is 0.177. The van der Waals surface area contributed by atoms with Crippen LogP contribution in [0.25, 0.3) is 0 Å². The second-order valence-corrected chi connectivity index (χ2v) is 3.65. The van der Waals surface area contributed by atoms with Crippen molar-refractivity contribution in [1.82, 2.24) is 4.58 Å². The van der Waals surface area contributed by atoms with Crippen molar-refractivity contribution in [3.63, 3.8) is 0 Å². The number of fused-ring (bicyclic) bond motifs is 1. The van der Waals surface area contributed by atoms with E-state index in [0.717, 1.165) is 5.36 Å². The summed E-state index contributed by atoms with van der Waals surface area (Å²) in [6, 6.07) is 8.23. The number of rotatable bonds is 0. The van der Waals surface area contributed by atoms with Crippen LogP contribution in [-0.4, -0.2) is 12.7 Å². The third kappa shape index (κ3) is 0.876. The van der Waals surface area contributed by atoms with Gasteiger partial charge in [0.15, 0.2) is 0 Å². The van der Waals surface area contributed by atoms with E-state index >= 15 is 0 Å². The van der Waals surface area contributed by atoms with Gasteiger partial charge < -0.3 is 0 Å². The topological polar surface area (TPSA) is 15.4 Å². The maximum atomic E-state index is 4.59. The third-order valence-electron chi connectivity index (χ3n) is 2.46. The van der Waals surface area contributed by atoms with Crippen molar-refractivity contribution in [3.05, 3.63) is 35.0 Å². The first kappa shape index (κ1) is 7.47. The summed E-state index contributed by atoms with van der Waals surface area (Å²) < 4.78 is 2.20. The fourth-order valence-corrected chi connectivity index (χ4v) is 1.51. The van der Waals surface area contributed by atoms with Crippen molar-refractivity contribution >= 4 is 0 Å². The number of para-hydroxylation sites is 2. The summed E-state index contributed by atoms with van der Waals surface area (Å²) in [4.78, 5) is 4.59. The fraction of sp³-hybridized carbons (Fsp3) is 0.400. The number of hydrogen-bond donors (Lipinski definition) is 0. The van der Waals surface area contributed by atoms with Gasteiger partial charge in [-0.3, -0.25) is 0 Å². The van der Waals surface area contributed by atoms with E-state index in [9.17, 15) is 0 Å². The molecule has 1 aromatic carbocycles. The zero-order chi connectivity index (χ0) is 8.77. The molecule has 12 heavy (non-hydrogen) atoms. The Kier molecular flexibility index (Phi) is 1.34. The molecule has 0 bridgehead atoms. The summed E-state index contributed by atoms with van der Waals surface area (Å²) >= 11 is 0. The zero-order valence-corrected chi connectivity index (χ0v) is 7.70. The average Bonchev–Trinajstić information content (AvgIpc) is 2.24. The van der Waals surface area contributed by atoms with Crippen molar-refractivity contribution in [1.29, 1.82) is 0 Å². The molecule has 1 heterocycles. The smallest absolute Gasteiger partial charge is 0.208 e. The molecule has 0 saturated carbocycles. The first-order chi connectivity index (χ1) is 5.61. The summed E-state index contributed by atoms with van der Waals surface area (Å²) in [5, 5.41) is 2.33. The van der Waals surface area contributed by atoms with Gasteiger partial charge >= 0.3 is 0 Å². The van der Waals surface area contributed by atoms with Gasteiger partial charge in [-0.2, -0.15) is 0 Å². The van der Waals surface area contributed by atoms with E-state index in [0.29, 0.717) is 0 Å². The van der Waals surface area contributed by atoms with Crippen LogP contribution in [0.1, 0.15) is 13.8 Å². The second-order valence-electron chi connectivity index (χ2n) is 3.65. The molecule has 62 valence electrons. The minimum Gasteiger partial charge on any atom is -0.208 e. The highest BCUT2D eigenvalue weighted by Crippen LogP contribution is 2.06. The summed E-state index contributed by atoms with van der Waals surface area (Å²) in [6.07, 6.45) is 0. The minimum absolute atomic E-state index is 0.0797. The van der Waals surface area contributed by atoms with Crippen LogP contribution in [-0.2, 0) is 0 Å². The molecule has 0 unspecified atom stereocenters. The summed E-state index contributed by atoms with van der Waals surface area (Å²) in [5.41, 5.74) is -0.0797. The lowest BCUT2D eigenvalue weighted by Gasteiger charge is -2.09. The summed E-state index contributed by atoms with van der Waals surface area (Å²) in [7, 11) is 2.08. The Morgan fingerprint density at radius 3 is 2.58 bits per heavy atom. The molecule has 0 N–H and O–H groups in total. The van der Waals surface area contributed by atoms with Gasteiger partial charge in [0.2, 0.25) is 11.0 Å². The quantitative estimate of drug-likeness (QED) is 0.482. The molecule has 0 aromatic heterocycles. The SMILES string of the molecule is C[N+]1=c2ccccc2=NC1(C)C. The summed E-state index contributed by atoms with van der Waals surface area (Å²) in [5.74, 6) is 0. The van der Waals surface area contributed by atoms with E-state index in [1.165, 1.54) is 5.36 Å². The van der Waals surface area contributed by atoms with Gasteiger partial charge in [0.1, 0.15) is 12.4 Å². The molecule has 0 aliphatic carbocycles. The van der Waals surface area contributed by atoms with Gasteiger partial charge in [0, 0.05) is 19.9 Å². The van der Waals surface area contributed by atoms with E-state index in [1.807, 2.05) is 12.1 Å². The van der Waals surface area contributed by atoms with Crippen LogP contribution in [0, 0.1) is 0 Å². The van der Waals surface area contributed by atoms with E-state index in [2.05, 4.69) is 42.6 Å². The van der Waals surface area contributed by atoms with Crippen LogP contribution in [0.3, 0.4) is 0 Å². The number of benzene rings is 1. The molecule has 1 aromatic rings. The molecule has 0 atom stereocenters. The maximum absolute atomic E-state index is 4.59. The van der Waals surface area contributed by atoms with Crippen molar-refractivity contribution in [3.8, 4) is 0 Å². The molecule has 1 aliphatic heterocycles. The molecule has 0 spiro atoms. The molecule has 2 rings (SSSR count). The predicted molar refractivity (Wildman–Crippen MR) is 48.5 cm³/mol. The molecular formula is C10H13N2+. The highest BCUT2D eigenvalue weighted by molar-refractivity contribution is 5.06. The molecular weight excluding hydrogens is 148 g/mol. The van der Waals surface area contributed by atoms with E-state index in [-0.39, 0.29) is 5.66 Å². The Balaban J connectivity index is 2.90. The monoisotopic (exact) mass is 161 g/mol. The van der Waals surface area contributed by atoms with Crippen molar-refractivity contribution in [2.45, 2.75) is 19.5 Å². The number of hydrogen-bond acceptors (Lipinski definition) is 1. The van der Waals surface area contributed by atoms with E-state index in [4.69, 9.17) is 0 Å². The van der Waals surface area contributed by atoms with Crippen LogP contribution >= 0.6 is 0 Å². The standard InChI is InChI=1S/C10H13N2/c1-10(2)11-8-6-4-5-7-9(8)12(10)3/h4-7H,1-3H3/q+1. The maximum Gasteiger partial charge on any atom is 0.250 e. The van der Waals surface area contributed by atoms with Gasteiger partial charge in [-0.25, -0.2) is 9.57 Å². The van der Waals surface area contributed by atoms with Crippen molar-refractivity contribution in [2.75, 3.05) is 7.05 Å². The van der Waals surface area contributed by atoms with Crippen LogP contribution in [0.4, 0.5) is 0 Å². The number of nitrogens with zero attached hydrogens (tertiary/aromatic N) is 2. The molecule has 2 nitrogen and oxygen atoms in total. The Hall–Kier alpha value is -1.18. The lowest BCUT2D eigenvalue weighted by atomic mass is 10.3. The average molecular weight is 161 g/mol. The molecule has 0 saturated heterocycles. The van der Waals surface area contributed by atoms with Gasteiger partial charge in [0.05, 0.1) is 0 Å². The van der Waals surface area contributed by atoms with Gasteiger partial charge in [-0.15, -0.1) is 0 Å². The first-order valence-electron chi connectivity index (χ1n) is 4.17. The van der Waals surface area contributed by atoms with Gasteiger partial charge in [0.25, 0.3) is 0 Å².